The third-order valence-electron chi connectivity index (χ3n) is 4.10. The van der Waals surface area contributed by atoms with Gasteiger partial charge in [0.25, 0.3) is 0 Å². The van der Waals surface area contributed by atoms with Crippen molar-refractivity contribution in [2.75, 3.05) is 6.54 Å². The van der Waals surface area contributed by atoms with Gasteiger partial charge >= 0.3 is 0 Å². The molecular formula is C18H19F2N. The van der Waals surface area contributed by atoms with Gasteiger partial charge in [-0.3, -0.25) is 0 Å². The summed E-state index contributed by atoms with van der Waals surface area (Å²) in [4.78, 5) is 0. The number of hydrogen-bond acceptors (Lipinski definition) is 1. The van der Waals surface area contributed by atoms with Crippen molar-refractivity contribution in [1.82, 2.24) is 5.32 Å². The van der Waals surface area contributed by atoms with Crippen molar-refractivity contribution in [3.8, 4) is 11.1 Å². The van der Waals surface area contributed by atoms with E-state index in [-0.39, 0.29) is 0 Å². The van der Waals surface area contributed by atoms with Crippen LogP contribution in [-0.4, -0.2) is 6.54 Å². The van der Waals surface area contributed by atoms with Crippen LogP contribution in [-0.2, 0) is 6.42 Å². The van der Waals surface area contributed by atoms with E-state index in [4.69, 9.17) is 0 Å². The molecule has 0 bridgehead atoms. The predicted molar refractivity (Wildman–Crippen MR) is 81.1 cm³/mol. The van der Waals surface area contributed by atoms with E-state index >= 15 is 0 Å². The molecule has 1 aliphatic rings. The summed E-state index contributed by atoms with van der Waals surface area (Å²) in [5.41, 5.74) is 3.87. The van der Waals surface area contributed by atoms with Crippen molar-refractivity contribution in [3.05, 3.63) is 59.2 Å². The van der Waals surface area contributed by atoms with E-state index in [0.717, 1.165) is 37.4 Å². The summed E-state index contributed by atoms with van der Waals surface area (Å²) in [6.07, 6.45) is 3.21. The maximum Gasteiger partial charge on any atom is 0.133 e. The van der Waals surface area contributed by atoms with Gasteiger partial charge in [0.05, 0.1) is 0 Å². The Labute approximate surface area is 124 Å². The molecule has 3 heteroatoms. The first-order valence-electron chi connectivity index (χ1n) is 7.50. The summed E-state index contributed by atoms with van der Waals surface area (Å²) in [6, 6.07) is 10.2. The van der Waals surface area contributed by atoms with E-state index in [0.29, 0.717) is 11.6 Å². The summed E-state index contributed by atoms with van der Waals surface area (Å²) in [7, 11) is 0. The third-order valence-corrected chi connectivity index (χ3v) is 4.10. The molecule has 0 spiro atoms. The summed E-state index contributed by atoms with van der Waals surface area (Å²) < 4.78 is 26.9. The maximum atomic E-state index is 13.9. The van der Waals surface area contributed by atoms with Gasteiger partial charge in [-0.05, 0) is 54.6 Å². The first-order chi connectivity index (χ1) is 10.2. The number of halogens is 2. The lowest BCUT2D eigenvalue weighted by atomic mass is 9.99. The minimum atomic E-state index is -0.541. The molecule has 1 atom stereocenters. The second kappa shape index (κ2) is 5.94. The van der Waals surface area contributed by atoms with Crippen LogP contribution in [0.4, 0.5) is 8.78 Å². The summed E-state index contributed by atoms with van der Waals surface area (Å²) >= 11 is 0. The summed E-state index contributed by atoms with van der Waals surface area (Å²) in [6.45, 7) is 3.17. The molecule has 0 aliphatic heterocycles. The zero-order valence-corrected chi connectivity index (χ0v) is 12.1. The minimum Gasteiger partial charge on any atom is -0.310 e. The van der Waals surface area contributed by atoms with Crippen molar-refractivity contribution in [2.24, 2.45) is 0 Å². The zero-order chi connectivity index (χ0) is 14.8. The Morgan fingerprint density at radius 2 is 2.00 bits per heavy atom. The van der Waals surface area contributed by atoms with Crippen molar-refractivity contribution in [1.29, 1.82) is 0 Å². The molecule has 0 saturated heterocycles. The van der Waals surface area contributed by atoms with Crippen LogP contribution in [0.2, 0.25) is 0 Å². The topological polar surface area (TPSA) is 12.0 Å². The minimum absolute atomic E-state index is 0.409. The molecule has 1 nitrogen and oxygen atoms in total. The van der Waals surface area contributed by atoms with Crippen molar-refractivity contribution in [3.63, 3.8) is 0 Å². The van der Waals surface area contributed by atoms with Crippen LogP contribution in [0.15, 0.2) is 36.4 Å². The SMILES string of the molecule is CCCNC1CCc2cc(-c3ccc(F)cc3F)ccc21. The highest BCUT2D eigenvalue weighted by atomic mass is 19.1. The maximum absolute atomic E-state index is 13.9. The predicted octanol–water partition coefficient (Wildman–Crippen LogP) is 4.62. The zero-order valence-electron chi connectivity index (χ0n) is 12.1. The second-order valence-electron chi connectivity index (χ2n) is 5.58. The molecule has 2 aromatic rings. The number of benzene rings is 2. The van der Waals surface area contributed by atoms with E-state index < -0.39 is 11.6 Å². The Kier molecular flexibility index (Phi) is 4.02. The average molecular weight is 287 g/mol. The molecule has 110 valence electrons. The van der Waals surface area contributed by atoms with Crippen LogP contribution in [0, 0.1) is 11.6 Å². The number of aryl methyl sites for hydroxylation is 1. The monoisotopic (exact) mass is 287 g/mol. The van der Waals surface area contributed by atoms with Crippen LogP contribution < -0.4 is 5.32 Å². The molecule has 0 amide bonds. The summed E-state index contributed by atoms with van der Waals surface area (Å²) in [5.74, 6) is -1.05. The number of hydrogen-bond donors (Lipinski definition) is 1. The standard InChI is InChI=1S/C18H19F2N/c1-2-9-21-18-8-4-13-10-12(3-6-16(13)18)15-7-5-14(19)11-17(15)20/h3,5-7,10-11,18,21H,2,4,8-9H2,1H3. The third kappa shape index (κ3) is 2.84. The Morgan fingerprint density at radius 3 is 2.76 bits per heavy atom. The van der Waals surface area contributed by atoms with Gasteiger partial charge in [0.15, 0.2) is 0 Å². The van der Waals surface area contributed by atoms with Gasteiger partial charge in [-0.25, -0.2) is 8.78 Å². The van der Waals surface area contributed by atoms with Crippen molar-refractivity contribution < 1.29 is 8.78 Å². The molecule has 1 N–H and O–H groups in total. The molecule has 0 saturated carbocycles. The van der Waals surface area contributed by atoms with E-state index in [1.165, 1.54) is 23.3 Å². The van der Waals surface area contributed by atoms with Gasteiger partial charge in [-0.1, -0.05) is 25.1 Å². The molecule has 21 heavy (non-hydrogen) atoms. The van der Waals surface area contributed by atoms with Gasteiger partial charge < -0.3 is 5.32 Å². The van der Waals surface area contributed by atoms with E-state index in [1.54, 1.807) is 0 Å². The molecule has 2 aromatic carbocycles. The van der Waals surface area contributed by atoms with Gasteiger partial charge in [0.2, 0.25) is 0 Å². The van der Waals surface area contributed by atoms with Crippen LogP contribution in [0.25, 0.3) is 11.1 Å². The molecule has 1 unspecified atom stereocenters. The molecule has 1 aliphatic carbocycles. The highest BCUT2D eigenvalue weighted by Crippen LogP contribution is 2.34. The summed E-state index contributed by atoms with van der Waals surface area (Å²) in [5, 5.41) is 3.54. The highest BCUT2D eigenvalue weighted by Gasteiger charge is 2.22. The Bertz CT molecular complexity index is 652. The van der Waals surface area contributed by atoms with Crippen LogP contribution in [0.5, 0.6) is 0 Å². The van der Waals surface area contributed by atoms with Crippen LogP contribution >= 0.6 is 0 Å². The smallest absolute Gasteiger partial charge is 0.133 e. The molecule has 0 heterocycles. The first-order valence-corrected chi connectivity index (χ1v) is 7.50. The largest absolute Gasteiger partial charge is 0.310 e. The van der Waals surface area contributed by atoms with Gasteiger partial charge in [0, 0.05) is 17.7 Å². The number of fused-ring (bicyclic) bond motifs is 1. The van der Waals surface area contributed by atoms with E-state index in [1.807, 2.05) is 12.1 Å². The van der Waals surface area contributed by atoms with Crippen LogP contribution in [0.1, 0.15) is 36.9 Å². The van der Waals surface area contributed by atoms with E-state index in [9.17, 15) is 8.78 Å². The Morgan fingerprint density at radius 1 is 1.14 bits per heavy atom. The van der Waals surface area contributed by atoms with Gasteiger partial charge in [0.1, 0.15) is 11.6 Å². The Balaban J connectivity index is 1.90. The average Bonchev–Trinajstić information content (AvgIpc) is 2.87. The fourth-order valence-corrected chi connectivity index (χ4v) is 3.04. The molecule has 0 fully saturated rings. The molecule has 3 rings (SSSR count). The van der Waals surface area contributed by atoms with Crippen LogP contribution in [0.3, 0.4) is 0 Å². The lowest BCUT2D eigenvalue weighted by molar-refractivity contribution is 0.529. The van der Waals surface area contributed by atoms with Crippen molar-refractivity contribution in [2.45, 2.75) is 32.2 Å². The second-order valence-corrected chi connectivity index (χ2v) is 5.58. The fraction of sp³-hybridized carbons (Fsp3) is 0.333. The number of nitrogens with one attached hydrogen (secondary N) is 1. The quantitative estimate of drug-likeness (QED) is 0.865. The van der Waals surface area contributed by atoms with Gasteiger partial charge in [-0.2, -0.15) is 0 Å². The lowest BCUT2D eigenvalue weighted by Crippen LogP contribution is -2.19. The highest BCUT2D eigenvalue weighted by molar-refractivity contribution is 5.66. The number of rotatable bonds is 4. The Hall–Kier alpha value is -1.74. The first kappa shape index (κ1) is 14.2. The van der Waals surface area contributed by atoms with Crippen molar-refractivity contribution >= 4 is 0 Å². The molecule has 0 radical (unpaired) electrons. The molecule has 0 aromatic heterocycles. The van der Waals surface area contributed by atoms with Gasteiger partial charge in [-0.15, -0.1) is 0 Å². The normalized spacial score (nSPS) is 17.0. The molecular weight excluding hydrogens is 268 g/mol. The lowest BCUT2D eigenvalue weighted by Gasteiger charge is -2.14. The van der Waals surface area contributed by atoms with E-state index in [2.05, 4.69) is 18.3 Å². The fourth-order valence-electron chi connectivity index (χ4n) is 3.04.